The van der Waals surface area contributed by atoms with Gasteiger partial charge < -0.3 is 14.0 Å². The van der Waals surface area contributed by atoms with Crippen LogP contribution in [-0.2, 0) is 14.1 Å². The largest absolute Gasteiger partial charge is 0.497 e. The van der Waals surface area contributed by atoms with Gasteiger partial charge in [-0.25, -0.2) is 5.09 Å². The van der Waals surface area contributed by atoms with Crippen LogP contribution in [0.5, 0.6) is 11.5 Å². The van der Waals surface area contributed by atoms with Crippen LogP contribution in [-0.4, -0.2) is 31.9 Å². The van der Waals surface area contributed by atoms with Gasteiger partial charge in [-0.3, -0.25) is 9.36 Å². The third-order valence-electron chi connectivity index (χ3n) is 2.45. The van der Waals surface area contributed by atoms with Gasteiger partial charge in [0.1, 0.15) is 17.5 Å². The maximum Gasteiger partial charge on any atom is 0.323 e. The number of esters is 1. The second-order valence-electron chi connectivity index (χ2n) is 4.95. The van der Waals surface area contributed by atoms with Crippen LogP contribution >= 0.6 is 7.52 Å². The minimum atomic E-state index is -3.20. The first-order chi connectivity index (χ1) is 9.73. The van der Waals surface area contributed by atoms with Gasteiger partial charge in [-0.15, -0.1) is 0 Å². The second kappa shape index (κ2) is 7.48. The zero-order chi connectivity index (χ0) is 16.0. The number of benzene rings is 1. The molecule has 118 valence electrons. The Bertz CT molecular complexity index is 532. The minimum absolute atomic E-state index is 0.225. The Morgan fingerprint density at radius 3 is 2.43 bits per heavy atom. The van der Waals surface area contributed by atoms with Crippen molar-refractivity contribution in [1.29, 1.82) is 0 Å². The molecule has 0 saturated heterocycles. The fourth-order valence-electron chi connectivity index (χ4n) is 1.62. The summed E-state index contributed by atoms with van der Waals surface area (Å²) in [5.74, 6) is 0.526. The van der Waals surface area contributed by atoms with E-state index in [1.165, 1.54) is 13.8 Å². The lowest BCUT2D eigenvalue weighted by molar-refractivity contribution is -0.149. The number of ether oxygens (including phenoxy) is 2. The fraction of sp³-hybridized carbons (Fsp3) is 0.500. The zero-order valence-electron chi connectivity index (χ0n) is 13.0. The number of rotatable bonds is 7. The van der Waals surface area contributed by atoms with Gasteiger partial charge >= 0.3 is 13.5 Å². The molecule has 21 heavy (non-hydrogen) atoms. The summed E-state index contributed by atoms with van der Waals surface area (Å²) in [7, 11) is -1.67. The van der Waals surface area contributed by atoms with Crippen molar-refractivity contribution >= 4 is 13.5 Å². The van der Waals surface area contributed by atoms with E-state index in [9.17, 15) is 9.36 Å². The summed E-state index contributed by atoms with van der Waals surface area (Å²) in [5.41, 5.74) is 0. The predicted molar refractivity (Wildman–Crippen MR) is 81.0 cm³/mol. The van der Waals surface area contributed by atoms with Crippen molar-refractivity contribution in [3.05, 3.63) is 24.3 Å². The lowest BCUT2D eigenvalue weighted by atomic mass is 10.3. The monoisotopic (exact) mass is 315 g/mol. The summed E-state index contributed by atoms with van der Waals surface area (Å²) < 4.78 is 27.9. The van der Waals surface area contributed by atoms with Crippen LogP contribution in [0.3, 0.4) is 0 Å². The van der Waals surface area contributed by atoms with Gasteiger partial charge in [-0.2, -0.15) is 0 Å². The molecule has 6 nitrogen and oxygen atoms in total. The second-order valence-corrected chi connectivity index (χ2v) is 7.09. The smallest absolute Gasteiger partial charge is 0.323 e. The van der Waals surface area contributed by atoms with E-state index in [1.807, 2.05) is 0 Å². The standard InChI is InChI=1S/C14H22NO5P/c1-10(2)19-14(16)11(3)15-21(5,17)20-13-8-6-7-12(9-13)18-4/h6-11H,1-5H3,(H,15,17)/t11-,21?/m0/s1. The summed E-state index contributed by atoms with van der Waals surface area (Å²) in [6.45, 7) is 6.49. The number of hydrogen-bond acceptors (Lipinski definition) is 5. The van der Waals surface area contributed by atoms with Crippen LogP contribution in [0.4, 0.5) is 0 Å². The van der Waals surface area contributed by atoms with Gasteiger partial charge in [0.2, 0.25) is 0 Å². The molecule has 0 aliphatic carbocycles. The Labute approximate surface area is 125 Å². The highest BCUT2D eigenvalue weighted by Gasteiger charge is 2.26. The van der Waals surface area contributed by atoms with Crippen LogP contribution < -0.4 is 14.3 Å². The lowest BCUT2D eigenvalue weighted by Gasteiger charge is -2.21. The Morgan fingerprint density at radius 2 is 1.86 bits per heavy atom. The SMILES string of the molecule is COc1cccc(OP(C)(=O)N[C@@H](C)C(=O)OC(C)C)c1. The molecule has 0 radical (unpaired) electrons. The van der Waals surface area contributed by atoms with Gasteiger partial charge in [-0.05, 0) is 32.9 Å². The topological polar surface area (TPSA) is 73.9 Å². The van der Waals surface area contributed by atoms with Crippen molar-refractivity contribution in [3.63, 3.8) is 0 Å². The molecule has 0 heterocycles. The van der Waals surface area contributed by atoms with Crippen LogP contribution in [0.25, 0.3) is 0 Å². The third-order valence-corrected chi connectivity index (χ3v) is 3.87. The van der Waals surface area contributed by atoms with E-state index < -0.39 is 19.5 Å². The van der Waals surface area contributed by atoms with Crippen LogP contribution in [0, 0.1) is 0 Å². The van der Waals surface area contributed by atoms with Crippen molar-refractivity contribution in [2.24, 2.45) is 0 Å². The third kappa shape index (κ3) is 6.19. The van der Waals surface area contributed by atoms with Gasteiger partial charge in [0.15, 0.2) is 0 Å². The number of hydrogen-bond donors (Lipinski definition) is 1. The highest BCUT2D eigenvalue weighted by Crippen LogP contribution is 2.40. The minimum Gasteiger partial charge on any atom is -0.497 e. The molecule has 0 aromatic heterocycles. The normalized spacial score (nSPS) is 15.1. The quantitative estimate of drug-likeness (QED) is 0.616. The molecule has 0 aliphatic rings. The zero-order valence-corrected chi connectivity index (χ0v) is 13.8. The molecular weight excluding hydrogens is 293 g/mol. The Morgan fingerprint density at radius 1 is 1.24 bits per heavy atom. The van der Waals surface area contributed by atoms with E-state index in [0.717, 1.165) is 0 Å². The Balaban J connectivity index is 2.68. The highest BCUT2D eigenvalue weighted by atomic mass is 31.2. The van der Waals surface area contributed by atoms with Gasteiger partial charge in [0, 0.05) is 12.7 Å². The Kier molecular flexibility index (Phi) is 6.24. The van der Waals surface area contributed by atoms with Crippen molar-refractivity contribution in [1.82, 2.24) is 5.09 Å². The molecule has 1 unspecified atom stereocenters. The fourth-order valence-corrected chi connectivity index (χ4v) is 3.00. The van der Waals surface area contributed by atoms with Crippen LogP contribution in [0.15, 0.2) is 24.3 Å². The summed E-state index contributed by atoms with van der Waals surface area (Å²) in [5, 5.41) is 2.67. The van der Waals surface area contributed by atoms with E-state index in [2.05, 4.69) is 5.09 Å². The van der Waals surface area contributed by atoms with Gasteiger partial charge in [0.05, 0.1) is 13.2 Å². The number of methoxy groups -OCH3 is 1. The van der Waals surface area contributed by atoms with Crippen molar-refractivity contribution in [2.75, 3.05) is 13.8 Å². The average Bonchev–Trinajstić information content (AvgIpc) is 2.36. The van der Waals surface area contributed by atoms with E-state index in [-0.39, 0.29) is 6.10 Å². The van der Waals surface area contributed by atoms with Gasteiger partial charge in [-0.1, -0.05) is 6.07 Å². The summed E-state index contributed by atoms with van der Waals surface area (Å²) >= 11 is 0. The van der Waals surface area contributed by atoms with E-state index >= 15 is 0 Å². The van der Waals surface area contributed by atoms with Crippen molar-refractivity contribution in [2.45, 2.75) is 32.9 Å². The van der Waals surface area contributed by atoms with E-state index in [0.29, 0.717) is 11.5 Å². The highest BCUT2D eigenvalue weighted by molar-refractivity contribution is 7.56. The first-order valence-electron chi connectivity index (χ1n) is 6.63. The first-order valence-corrected chi connectivity index (χ1v) is 8.70. The summed E-state index contributed by atoms with van der Waals surface area (Å²) in [6, 6.07) is 6.04. The molecule has 0 bridgehead atoms. The summed E-state index contributed by atoms with van der Waals surface area (Å²) in [4.78, 5) is 11.7. The molecule has 7 heteroatoms. The molecule has 1 aromatic carbocycles. The molecule has 0 spiro atoms. The number of carbonyl (C=O) groups is 1. The van der Waals surface area contributed by atoms with Crippen molar-refractivity contribution in [3.8, 4) is 11.5 Å². The number of nitrogens with one attached hydrogen (secondary N) is 1. The maximum atomic E-state index is 12.4. The molecule has 0 amide bonds. The van der Waals surface area contributed by atoms with Crippen LogP contribution in [0.1, 0.15) is 20.8 Å². The molecule has 1 aromatic rings. The molecule has 0 fully saturated rings. The predicted octanol–water partition coefficient (Wildman–Crippen LogP) is 2.83. The maximum absolute atomic E-state index is 12.4. The average molecular weight is 315 g/mol. The molecule has 1 rings (SSSR count). The summed E-state index contributed by atoms with van der Waals surface area (Å²) in [6.07, 6.45) is -0.225. The lowest BCUT2D eigenvalue weighted by Crippen LogP contribution is -2.35. The first kappa shape index (κ1) is 17.5. The van der Waals surface area contributed by atoms with Gasteiger partial charge in [0.25, 0.3) is 0 Å². The van der Waals surface area contributed by atoms with Crippen molar-refractivity contribution < 1.29 is 23.4 Å². The molecular formula is C14H22NO5P. The molecule has 2 atom stereocenters. The molecule has 0 aliphatic heterocycles. The van der Waals surface area contributed by atoms with Crippen LogP contribution in [0.2, 0.25) is 0 Å². The molecule has 1 N–H and O–H groups in total. The number of carbonyl (C=O) groups excluding carboxylic acids is 1. The van der Waals surface area contributed by atoms with E-state index in [4.69, 9.17) is 14.0 Å². The van der Waals surface area contributed by atoms with E-state index in [1.54, 1.807) is 45.0 Å². The Hall–Kier alpha value is -1.52. The molecule has 0 saturated carbocycles.